The molecule has 2 aromatic carbocycles. The van der Waals surface area contributed by atoms with E-state index in [1.54, 1.807) is 13.0 Å². The summed E-state index contributed by atoms with van der Waals surface area (Å²) >= 11 is 0. The van der Waals surface area contributed by atoms with Crippen molar-refractivity contribution in [2.45, 2.75) is 47.1 Å². The highest BCUT2D eigenvalue weighted by molar-refractivity contribution is 5.94. The molecule has 1 atom stereocenters. The van der Waals surface area contributed by atoms with Crippen molar-refractivity contribution >= 4 is 17.3 Å². The van der Waals surface area contributed by atoms with E-state index in [1.165, 1.54) is 17.2 Å². The van der Waals surface area contributed by atoms with Crippen LogP contribution >= 0.6 is 0 Å². The lowest BCUT2D eigenvalue weighted by atomic mass is 9.95. The molecular weight excluding hydrogens is 354 g/mol. The molecule has 0 spiro atoms. The lowest BCUT2D eigenvalue weighted by molar-refractivity contribution is -0.692. The summed E-state index contributed by atoms with van der Waals surface area (Å²) in [5, 5.41) is 16.1. The molecule has 0 fully saturated rings. The summed E-state index contributed by atoms with van der Waals surface area (Å²) in [4.78, 5) is 23.4. The predicted molar refractivity (Wildman–Crippen MR) is 111 cm³/mol. The van der Waals surface area contributed by atoms with E-state index in [0.29, 0.717) is 5.92 Å². The standard InChI is InChI=1S/C22H29N3O3/c1-6-17-8-10-18(11-9-17)21(14(2)3)23-13-20(26)24-22-16(5)15(4)7-12-19(22)25(27)28/h7-12,14,21,23H,6,13H2,1-5H3,(H,24,26)/p+1/t21-/m0/s1. The normalized spacial score (nSPS) is 12.1. The number of carbonyl (C=O) groups excluding carboxylic acids is 1. The Kier molecular flexibility index (Phi) is 7.29. The minimum absolute atomic E-state index is 0.0768. The van der Waals surface area contributed by atoms with Crippen LogP contribution in [0, 0.1) is 29.9 Å². The van der Waals surface area contributed by atoms with Crippen molar-refractivity contribution < 1.29 is 15.0 Å². The fourth-order valence-corrected chi connectivity index (χ4v) is 3.30. The van der Waals surface area contributed by atoms with Crippen LogP contribution in [0.5, 0.6) is 0 Å². The van der Waals surface area contributed by atoms with E-state index in [4.69, 9.17) is 0 Å². The highest BCUT2D eigenvalue weighted by Crippen LogP contribution is 2.30. The van der Waals surface area contributed by atoms with Crippen molar-refractivity contribution in [3.8, 4) is 0 Å². The topological polar surface area (TPSA) is 88.8 Å². The van der Waals surface area contributed by atoms with Gasteiger partial charge in [-0.15, -0.1) is 0 Å². The number of hydrogen-bond donors (Lipinski definition) is 2. The number of nitro groups is 1. The van der Waals surface area contributed by atoms with E-state index in [1.807, 2.05) is 12.2 Å². The molecule has 0 saturated heterocycles. The van der Waals surface area contributed by atoms with Gasteiger partial charge < -0.3 is 10.6 Å². The molecule has 0 saturated carbocycles. The largest absolute Gasteiger partial charge is 0.332 e. The van der Waals surface area contributed by atoms with E-state index in [9.17, 15) is 14.9 Å². The molecule has 0 aliphatic rings. The number of nitrogens with zero attached hydrogens (tertiary/aromatic N) is 1. The summed E-state index contributed by atoms with van der Waals surface area (Å²) in [6.07, 6.45) is 0.993. The summed E-state index contributed by atoms with van der Waals surface area (Å²) in [5.41, 5.74) is 4.30. The number of carbonyl (C=O) groups is 1. The minimum atomic E-state index is -0.460. The lowest BCUT2D eigenvalue weighted by Crippen LogP contribution is -2.88. The number of rotatable bonds is 8. The molecule has 2 rings (SSSR count). The third kappa shape index (κ3) is 5.16. The second-order valence-corrected chi connectivity index (χ2v) is 7.51. The van der Waals surface area contributed by atoms with Crippen LogP contribution in [0.4, 0.5) is 11.4 Å². The average Bonchev–Trinajstić information content (AvgIpc) is 2.65. The molecule has 6 heteroatoms. The Bertz CT molecular complexity index is 845. The second-order valence-electron chi connectivity index (χ2n) is 7.51. The van der Waals surface area contributed by atoms with Crippen molar-refractivity contribution in [2.75, 3.05) is 11.9 Å². The quantitative estimate of drug-likeness (QED) is 0.537. The number of quaternary nitrogens is 1. The van der Waals surface area contributed by atoms with Crippen molar-refractivity contribution in [3.05, 3.63) is 68.8 Å². The van der Waals surface area contributed by atoms with Gasteiger partial charge in [0.2, 0.25) is 0 Å². The Morgan fingerprint density at radius 2 is 1.79 bits per heavy atom. The van der Waals surface area contributed by atoms with Crippen LogP contribution < -0.4 is 10.6 Å². The van der Waals surface area contributed by atoms with E-state index in [2.05, 4.69) is 50.4 Å². The molecule has 28 heavy (non-hydrogen) atoms. The summed E-state index contributed by atoms with van der Waals surface area (Å²) in [6.45, 7) is 10.2. The van der Waals surface area contributed by atoms with Crippen molar-refractivity contribution in [1.82, 2.24) is 0 Å². The van der Waals surface area contributed by atoms with Gasteiger partial charge in [0.25, 0.3) is 11.6 Å². The Morgan fingerprint density at radius 1 is 1.14 bits per heavy atom. The molecule has 3 N–H and O–H groups in total. The minimum Gasteiger partial charge on any atom is -0.332 e. The van der Waals surface area contributed by atoms with E-state index in [0.717, 1.165) is 17.5 Å². The first-order valence-corrected chi connectivity index (χ1v) is 9.71. The van der Waals surface area contributed by atoms with Crippen LogP contribution in [-0.4, -0.2) is 17.4 Å². The van der Waals surface area contributed by atoms with Crippen LogP contribution in [0.3, 0.4) is 0 Å². The Balaban J connectivity index is 2.12. The van der Waals surface area contributed by atoms with Gasteiger partial charge in [0.15, 0.2) is 6.54 Å². The van der Waals surface area contributed by atoms with Gasteiger partial charge in [0.1, 0.15) is 11.7 Å². The van der Waals surface area contributed by atoms with Gasteiger partial charge in [-0.05, 0) is 37.0 Å². The number of nitrogens with two attached hydrogens (primary N) is 1. The Labute approximate surface area is 166 Å². The number of aryl methyl sites for hydroxylation is 2. The van der Waals surface area contributed by atoms with Crippen molar-refractivity contribution in [2.24, 2.45) is 5.92 Å². The SMILES string of the molecule is CCc1ccc([C@@H]([NH2+]CC(=O)Nc2c([N+](=O)[O-])ccc(C)c2C)C(C)C)cc1. The van der Waals surface area contributed by atoms with Crippen LogP contribution in [0.2, 0.25) is 0 Å². The van der Waals surface area contributed by atoms with Gasteiger partial charge in [-0.3, -0.25) is 14.9 Å². The van der Waals surface area contributed by atoms with E-state index < -0.39 is 4.92 Å². The number of amides is 1. The number of nitrogens with one attached hydrogen (secondary N) is 1. The van der Waals surface area contributed by atoms with Gasteiger partial charge in [0, 0.05) is 17.5 Å². The molecule has 1 amide bonds. The fraction of sp³-hybridized carbons (Fsp3) is 0.409. The lowest BCUT2D eigenvalue weighted by Gasteiger charge is -2.20. The molecule has 6 nitrogen and oxygen atoms in total. The van der Waals surface area contributed by atoms with E-state index in [-0.39, 0.29) is 29.9 Å². The fourth-order valence-electron chi connectivity index (χ4n) is 3.30. The maximum Gasteiger partial charge on any atom is 0.293 e. The van der Waals surface area contributed by atoms with Gasteiger partial charge in [0.05, 0.1) is 4.92 Å². The predicted octanol–water partition coefficient (Wildman–Crippen LogP) is 3.67. The Morgan fingerprint density at radius 3 is 2.32 bits per heavy atom. The average molecular weight is 385 g/mol. The number of nitro benzene ring substituents is 1. The number of anilines is 1. The summed E-state index contributed by atoms with van der Waals surface area (Å²) in [5.74, 6) is 0.1000. The van der Waals surface area contributed by atoms with E-state index >= 15 is 0 Å². The zero-order valence-electron chi connectivity index (χ0n) is 17.3. The zero-order valence-corrected chi connectivity index (χ0v) is 17.3. The van der Waals surface area contributed by atoms with Gasteiger partial charge in [-0.2, -0.15) is 0 Å². The molecule has 150 valence electrons. The maximum atomic E-state index is 12.5. The van der Waals surface area contributed by atoms with Crippen molar-refractivity contribution in [1.29, 1.82) is 0 Å². The number of benzene rings is 2. The van der Waals surface area contributed by atoms with Crippen LogP contribution in [0.1, 0.15) is 49.1 Å². The highest BCUT2D eigenvalue weighted by atomic mass is 16.6. The van der Waals surface area contributed by atoms with Gasteiger partial charge >= 0.3 is 0 Å². The first-order chi connectivity index (χ1) is 13.2. The molecule has 0 aliphatic carbocycles. The van der Waals surface area contributed by atoms with Crippen molar-refractivity contribution in [3.63, 3.8) is 0 Å². The van der Waals surface area contributed by atoms with Crippen LogP contribution in [-0.2, 0) is 11.2 Å². The smallest absolute Gasteiger partial charge is 0.293 e. The van der Waals surface area contributed by atoms with Gasteiger partial charge in [-0.25, -0.2) is 0 Å². The van der Waals surface area contributed by atoms with Crippen LogP contribution in [0.25, 0.3) is 0 Å². The van der Waals surface area contributed by atoms with Crippen LogP contribution in [0.15, 0.2) is 36.4 Å². The first kappa shape index (κ1) is 21.6. The third-order valence-corrected chi connectivity index (χ3v) is 5.22. The zero-order chi connectivity index (χ0) is 20.8. The molecule has 0 aliphatic heterocycles. The number of hydrogen-bond acceptors (Lipinski definition) is 3. The molecule has 0 aromatic heterocycles. The third-order valence-electron chi connectivity index (χ3n) is 5.22. The molecule has 0 unspecified atom stereocenters. The highest BCUT2D eigenvalue weighted by Gasteiger charge is 2.23. The molecular formula is C22H30N3O3+. The summed E-state index contributed by atoms with van der Waals surface area (Å²) in [7, 11) is 0. The Hall–Kier alpha value is -2.73. The summed E-state index contributed by atoms with van der Waals surface area (Å²) in [6, 6.07) is 11.8. The molecule has 0 radical (unpaired) electrons. The summed E-state index contributed by atoms with van der Waals surface area (Å²) < 4.78 is 0. The first-order valence-electron chi connectivity index (χ1n) is 9.71. The molecule has 0 heterocycles. The van der Waals surface area contributed by atoms with Gasteiger partial charge in [-0.1, -0.05) is 51.1 Å². The molecule has 0 bridgehead atoms. The second kappa shape index (κ2) is 9.46. The molecule has 2 aromatic rings. The monoisotopic (exact) mass is 384 g/mol. The maximum absolute atomic E-state index is 12.5.